The summed E-state index contributed by atoms with van der Waals surface area (Å²) in [4.78, 5) is 0. The molecule has 1 atom stereocenters. The van der Waals surface area contributed by atoms with Crippen LogP contribution in [0.15, 0.2) is 18.2 Å². The van der Waals surface area contributed by atoms with Gasteiger partial charge in [0.25, 0.3) is 0 Å². The summed E-state index contributed by atoms with van der Waals surface area (Å²) in [5.41, 5.74) is 2.82. The average Bonchev–Trinajstić information content (AvgIpc) is 2.79. The fourth-order valence-electron chi connectivity index (χ4n) is 1.96. The molecule has 0 saturated carbocycles. The molecule has 1 aromatic carbocycles. The van der Waals surface area contributed by atoms with Gasteiger partial charge in [-0.3, -0.25) is 0 Å². The highest BCUT2D eigenvalue weighted by Gasteiger charge is 2.15. The monoisotopic (exact) mass is 232 g/mol. The number of anilines is 1. The standard InChI is InChI=1S/C13H16N2S/c1-10-3-2-4-13(12(10)7-14)15-8-11-5-6-16-9-11/h2-4,11,15H,5-6,8-9H2,1H3. The molecule has 1 fully saturated rings. The summed E-state index contributed by atoms with van der Waals surface area (Å²) in [6.45, 7) is 2.97. The van der Waals surface area contributed by atoms with Crippen LogP contribution >= 0.6 is 11.8 Å². The topological polar surface area (TPSA) is 35.8 Å². The fourth-order valence-corrected chi connectivity index (χ4v) is 3.25. The van der Waals surface area contributed by atoms with Gasteiger partial charge in [-0.2, -0.15) is 17.0 Å². The summed E-state index contributed by atoms with van der Waals surface area (Å²) in [5, 5.41) is 12.5. The van der Waals surface area contributed by atoms with Crippen LogP contribution in [0.3, 0.4) is 0 Å². The number of hydrogen-bond acceptors (Lipinski definition) is 3. The molecule has 0 aromatic heterocycles. The Morgan fingerprint density at radius 1 is 1.56 bits per heavy atom. The van der Waals surface area contributed by atoms with Gasteiger partial charge in [0, 0.05) is 6.54 Å². The number of thioether (sulfide) groups is 1. The maximum absolute atomic E-state index is 9.10. The third-order valence-corrected chi connectivity index (χ3v) is 4.22. The molecule has 3 heteroatoms. The van der Waals surface area contributed by atoms with Crippen molar-refractivity contribution in [3.63, 3.8) is 0 Å². The van der Waals surface area contributed by atoms with Gasteiger partial charge >= 0.3 is 0 Å². The van der Waals surface area contributed by atoms with Crippen LogP contribution in [0, 0.1) is 24.2 Å². The summed E-state index contributed by atoms with van der Waals surface area (Å²) in [5.74, 6) is 3.29. The van der Waals surface area contributed by atoms with Crippen molar-refractivity contribution >= 4 is 17.4 Å². The quantitative estimate of drug-likeness (QED) is 0.870. The van der Waals surface area contributed by atoms with E-state index in [1.807, 2.05) is 36.9 Å². The Morgan fingerprint density at radius 3 is 3.12 bits per heavy atom. The molecular formula is C13H16N2S. The molecule has 0 amide bonds. The molecule has 1 N–H and O–H groups in total. The molecule has 0 spiro atoms. The van der Waals surface area contributed by atoms with Gasteiger partial charge in [0.2, 0.25) is 0 Å². The highest BCUT2D eigenvalue weighted by atomic mass is 32.2. The Kier molecular flexibility index (Phi) is 3.74. The summed E-state index contributed by atoms with van der Waals surface area (Å²) in [6.07, 6.45) is 1.30. The van der Waals surface area contributed by atoms with E-state index in [0.29, 0.717) is 0 Å². The van der Waals surface area contributed by atoms with E-state index in [9.17, 15) is 0 Å². The normalized spacial score (nSPS) is 19.4. The highest BCUT2D eigenvalue weighted by molar-refractivity contribution is 7.99. The molecule has 1 aliphatic rings. The molecule has 16 heavy (non-hydrogen) atoms. The van der Waals surface area contributed by atoms with E-state index >= 15 is 0 Å². The van der Waals surface area contributed by atoms with Crippen LogP contribution in [0.4, 0.5) is 5.69 Å². The van der Waals surface area contributed by atoms with Crippen molar-refractivity contribution in [2.75, 3.05) is 23.4 Å². The maximum Gasteiger partial charge on any atom is 0.102 e. The zero-order valence-electron chi connectivity index (χ0n) is 9.49. The molecule has 2 nitrogen and oxygen atoms in total. The predicted molar refractivity (Wildman–Crippen MR) is 69.8 cm³/mol. The first-order valence-electron chi connectivity index (χ1n) is 5.62. The third kappa shape index (κ3) is 2.51. The fraction of sp³-hybridized carbons (Fsp3) is 0.462. The minimum atomic E-state index is 0.761. The summed E-state index contributed by atoms with van der Waals surface area (Å²) >= 11 is 2.03. The molecule has 1 saturated heterocycles. The second-order valence-electron chi connectivity index (χ2n) is 4.22. The van der Waals surface area contributed by atoms with Crippen molar-refractivity contribution in [1.29, 1.82) is 5.26 Å². The Morgan fingerprint density at radius 2 is 2.44 bits per heavy atom. The van der Waals surface area contributed by atoms with Gasteiger partial charge < -0.3 is 5.32 Å². The van der Waals surface area contributed by atoms with E-state index in [-0.39, 0.29) is 0 Å². The summed E-state index contributed by atoms with van der Waals surface area (Å²) < 4.78 is 0. The number of aryl methyl sites for hydroxylation is 1. The minimum Gasteiger partial charge on any atom is -0.384 e. The second-order valence-corrected chi connectivity index (χ2v) is 5.37. The van der Waals surface area contributed by atoms with Gasteiger partial charge in [-0.1, -0.05) is 12.1 Å². The first-order chi connectivity index (χ1) is 7.81. The lowest BCUT2D eigenvalue weighted by molar-refractivity contribution is 0.632. The lowest BCUT2D eigenvalue weighted by Crippen LogP contribution is -2.14. The van der Waals surface area contributed by atoms with Gasteiger partial charge in [0.05, 0.1) is 11.3 Å². The zero-order chi connectivity index (χ0) is 11.4. The van der Waals surface area contributed by atoms with E-state index in [2.05, 4.69) is 11.4 Å². The van der Waals surface area contributed by atoms with Gasteiger partial charge in [-0.15, -0.1) is 0 Å². The van der Waals surface area contributed by atoms with Crippen LogP contribution in [0.25, 0.3) is 0 Å². The molecule has 0 bridgehead atoms. The Balaban J connectivity index is 2.03. The SMILES string of the molecule is Cc1cccc(NCC2CCSC2)c1C#N. The van der Waals surface area contributed by atoms with E-state index in [0.717, 1.165) is 29.3 Å². The lowest BCUT2D eigenvalue weighted by Gasteiger charge is -2.13. The maximum atomic E-state index is 9.10. The van der Waals surface area contributed by atoms with Crippen LogP contribution in [-0.4, -0.2) is 18.1 Å². The van der Waals surface area contributed by atoms with Crippen molar-refractivity contribution < 1.29 is 0 Å². The number of nitriles is 1. The first-order valence-corrected chi connectivity index (χ1v) is 6.78. The van der Waals surface area contributed by atoms with Gasteiger partial charge in [-0.25, -0.2) is 0 Å². The number of hydrogen-bond donors (Lipinski definition) is 1. The number of nitrogens with one attached hydrogen (secondary N) is 1. The van der Waals surface area contributed by atoms with Crippen LogP contribution in [-0.2, 0) is 0 Å². The average molecular weight is 232 g/mol. The number of nitrogens with zero attached hydrogens (tertiary/aromatic N) is 1. The largest absolute Gasteiger partial charge is 0.384 e. The van der Waals surface area contributed by atoms with Crippen LogP contribution in [0.5, 0.6) is 0 Å². The zero-order valence-corrected chi connectivity index (χ0v) is 10.3. The van der Waals surface area contributed by atoms with E-state index in [1.165, 1.54) is 17.9 Å². The number of rotatable bonds is 3. The Bertz CT molecular complexity index is 403. The van der Waals surface area contributed by atoms with Crippen molar-refractivity contribution in [2.45, 2.75) is 13.3 Å². The molecule has 2 rings (SSSR count). The molecule has 1 heterocycles. The smallest absolute Gasteiger partial charge is 0.102 e. The third-order valence-electron chi connectivity index (χ3n) is 2.99. The lowest BCUT2D eigenvalue weighted by atomic mass is 10.1. The molecule has 0 aliphatic carbocycles. The van der Waals surface area contributed by atoms with Crippen molar-refractivity contribution in [2.24, 2.45) is 5.92 Å². The van der Waals surface area contributed by atoms with E-state index in [1.54, 1.807) is 0 Å². The number of benzene rings is 1. The second kappa shape index (κ2) is 5.27. The Hall–Kier alpha value is -1.14. The highest BCUT2D eigenvalue weighted by Crippen LogP contribution is 2.25. The van der Waals surface area contributed by atoms with Gasteiger partial charge in [0.1, 0.15) is 6.07 Å². The van der Waals surface area contributed by atoms with E-state index < -0.39 is 0 Å². The molecular weight excluding hydrogens is 216 g/mol. The van der Waals surface area contributed by atoms with Crippen molar-refractivity contribution in [3.05, 3.63) is 29.3 Å². The Labute approximate surface area is 101 Å². The van der Waals surface area contributed by atoms with Crippen molar-refractivity contribution in [3.8, 4) is 6.07 Å². The van der Waals surface area contributed by atoms with Crippen LogP contribution in [0.2, 0.25) is 0 Å². The summed E-state index contributed by atoms with van der Waals surface area (Å²) in [7, 11) is 0. The molecule has 1 aliphatic heterocycles. The predicted octanol–water partition coefficient (Wildman–Crippen LogP) is 3.03. The molecule has 1 aromatic rings. The molecule has 0 radical (unpaired) electrons. The molecule has 84 valence electrons. The molecule has 1 unspecified atom stereocenters. The van der Waals surface area contributed by atoms with Crippen LogP contribution < -0.4 is 5.32 Å². The summed E-state index contributed by atoms with van der Waals surface area (Å²) in [6, 6.07) is 8.25. The first kappa shape index (κ1) is 11.3. The van der Waals surface area contributed by atoms with E-state index in [4.69, 9.17) is 5.26 Å². The minimum absolute atomic E-state index is 0.761. The van der Waals surface area contributed by atoms with Crippen LogP contribution in [0.1, 0.15) is 17.5 Å². The van der Waals surface area contributed by atoms with Crippen molar-refractivity contribution in [1.82, 2.24) is 0 Å². The van der Waals surface area contributed by atoms with Gasteiger partial charge in [-0.05, 0) is 42.4 Å². The van der Waals surface area contributed by atoms with Gasteiger partial charge in [0.15, 0.2) is 0 Å².